The van der Waals surface area contributed by atoms with Gasteiger partial charge in [-0.15, -0.1) is 0 Å². The first kappa shape index (κ1) is 14.4. The van der Waals surface area contributed by atoms with Crippen LogP contribution in [0, 0.1) is 0 Å². The Morgan fingerprint density at radius 2 is 1.71 bits per heavy atom. The Labute approximate surface area is 112 Å². The fourth-order valence-electron chi connectivity index (χ4n) is 1.37. The van der Waals surface area contributed by atoms with Crippen LogP contribution >= 0.6 is 9.90 Å². The molecule has 0 saturated carbocycles. The summed E-state index contributed by atoms with van der Waals surface area (Å²) in [5, 5.41) is 0. The van der Waals surface area contributed by atoms with Crippen molar-refractivity contribution in [2.75, 3.05) is 13.2 Å². The molecule has 0 aromatic heterocycles. The Morgan fingerprint density at radius 1 is 1.06 bits per heavy atom. The van der Waals surface area contributed by atoms with Gasteiger partial charge in [0, 0.05) is 0 Å². The first-order valence-electron chi connectivity index (χ1n) is 5.39. The average molecular weight is 291 g/mol. The Morgan fingerprint density at radius 3 is 2.00 bits per heavy atom. The second-order valence-corrected chi connectivity index (χ2v) is 5.13. The smallest absolute Gasteiger partial charge is 0.169 e. The molecule has 0 spiro atoms. The molecule has 0 fully saturated rings. The summed E-state index contributed by atoms with van der Waals surface area (Å²) in [5.74, 6) is 0. The summed E-state index contributed by atoms with van der Waals surface area (Å²) in [5.41, 5.74) is 0. The number of rotatable bonds is 2. The van der Waals surface area contributed by atoms with Gasteiger partial charge in [0.1, 0.15) is 6.61 Å². The average Bonchev–Trinajstić information content (AvgIpc) is 3.05. The maximum atomic E-state index is 4.65. The van der Waals surface area contributed by atoms with Gasteiger partial charge in [0.15, 0.2) is 6.40 Å². The van der Waals surface area contributed by atoms with E-state index in [1.165, 1.54) is 21.4 Å². The van der Waals surface area contributed by atoms with E-state index >= 15 is 0 Å². The molecule has 2 nitrogen and oxygen atoms in total. The van der Waals surface area contributed by atoms with Crippen molar-refractivity contribution in [3.05, 3.63) is 45.4 Å². The van der Waals surface area contributed by atoms with Crippen molar-refractivity contribution >= 4 is 16.3 Å². The molecule has 0 bridgehead atoms. The van der Waals surface area contributed by atoms with Crippen LogP contribution < -0.4 is 0 Å². The van der Waals surface area contributed by atoms with Crippen LogP contribution in [0.3, 0.4) is 0 Å². The normalized spacial score (nSPS) is 19.3. The van der Waals surface area contributed by atoms with Crippen molar-refractivity contribution in [1.82, 2.24) is 0 Å². The van der Waals surface area contributed by atoms with Gasteiger partial charge in [0.2, 0.25) is 0 Å². The van der Waals surface area contributed by atoms with E-state index < -0.39 is 0 Å². The van der Waals surface area contributed by atoms with Gasteiger partial charge in [-0.25, -0.2) is 0 Å². The minimum atomic E-state index is 0. The van der Waals surface area contributed by atoms with Crippen LogP contribution in [0.5, 0.6) is 0 Å². The molecule has 1 heterocycles. The second kappa shape index (κ2) is 8.47. The molecule has 3 rings (SSSR count). The summed E-state index contributed by atoms with van der Waals surface area (Å²) in [4.78, 5) is 3.74. The van der Waals surface area contributed by atoms with E-state index in [0.717, 1.165) is 26.0 Å². The van der Waals surface area contributed by atoms with E-state index in [0.29, 0.717) is 0 Å². The summed E-state index contributed by atoms with van der Waals surface area (Å²) in [6, 6.07) is 0. The molecule has 2 aliphatic carbocycles. The first-order chi connectivity index (χ1) is 7.95. The predicted molar refractivity (Wildman–Crippen MR) is 74.1 cm³/mol. The van der Waals surface area contributed by atoms with E-state index in [4.69, 9.17) is 0 Å². The third-order valence-corrected chi connectivity index (χ3v) is 3.68. The maximum absolute atomic E-state index is 4.65. The van der Waals surface area contributed by atoms with Gasteiger partial charge in [-0.2, -0.15) is 9.90 Å². The first-order valence-corrected chi connectivity index (χ1v) is 6.49. The van der Waals surface area contributed by atoms with E-state index in [9.17, 15) is 0 Å². The van der Waals surface area contributed by atoms with Crippen molar-refractivity contribution in [2.45, 2.75) is 12.8 Å². The molecular formula is C13H18FeNOP. The Bertz CT molecular complexity index is 349. The number of allylic oxidation sites excluding steroid dienone is 8. The van der Waals surface area contributed by atoms with Crippen molar-refractivity contribution in [3.63, 3.8) is 0 Å². The van der Waals surface area contributed by atoms with Crippen molar-refractivity contribution in [2.24, 2.45) is 4.99 Å². The van der Waals surface area contributed by atoms with E-state index in [-0.39, 0.29) is 9.90 Å². The van der Waals surface area contributed by atoms with Gasteiger partial charge >= 0.3 is 73.2 Å². The van der Waals surface area contributed by atoms with E-state index in [2.05, 4.69) is 46.2 Å². The Balaban J connectivity index is 0.000000205. The van der Waals surface area contributed by atoms with Crippen molar-refractivity contribution in [3.8, 4) is 0 Å². The minimum absolute atomic E-state index is 0. The summed E-state index contributed by atoms with van der Waals surface area (Å²) < 4.78 is 7.76. The molecule has 1 aliphatic heterocycles. The van der Waals surface area contributed by atoms with Crippen LogP contribution in [0.4, 0.5) is 0 Å². The minimum Gasteiger partial charge on any atom is -0.482 e. The van der Waals surface area contributed by atoms with Crippen molar-refractivity contribution in [1.29, 1.82) is 0 Å². The molecule has 17 heavy (non-hydrogen) atoms. The number of ether oxygens (including phenoxy) is 1. The summed E-state index contributed by atoms with van der Waals surface area (Å²) in [7, 11) is 0. The molecule has 0 aromatic carbocycles. The molecule has 0 amide bonds. The second-order valence-electron chi connectivity index (χ2n) is 3.43. The summed E-state index contributed by atoms with van der Waals surface area (Å²) in [6.45, 7) is 1.62. The third-order valence-electron chi connectivity index (χ3n) is 2.15. The van der Waals surface area contributed by atoms with Gasteiger partial charge in [-0.3, -0.25) is 4.99 Å². The van der Waals surface area contributed by atoms with E-state index in [1.54, 1.807) is 8.94 Å². The molecule has 0 radical (unpaired) electrons. The van der Waals surface area contributed by atoms with Crippen molar-refractivity contribution < 1.29 is 19.7 Å². The molecule has 3 aliphatic rings. The monoisotopic (exact) mass is 291 g/mol. The standard InChI is InChI=1S/2C5H5.C3H5NO.Fe.H3P/c2*1-2-4-5-3-1;1-2-5-3-4-1;;/h2*1-3H,4H2;3H,1-2H2;;1H3. The molecule has 0 N–H and O–H groups in total. The quantitative estimate of drug-likeness (QED) is 0.566. The SMILES string of the molecule is C1=CC[C]([Fe][C]2=CC=CC2)=C1.C1=NCCO1.P. The third kappa shape index (κ3) is 5.50. The van der Waals surface area contributed by atoms with Gasteiger partial charge in [0.05, 0.1) is 6.54 Å². The Hall–Kier alpha value is -0.621. The topological polar surface area (TPSA) is 21.6 Å². The van der Waals surface area contributed by atoms with Gasteiger partial charge in [0.25, 0.3) is 0 Å². The molecule has 4 heteroatoms. The Kier molecular flexibility index (Phi) is 7.19. The molecule has 94 valence electrons. The van der Waals surface area contributed by atoms with Gasteiger partial charge in [-0.05, 0) is 0 Å². The van der Waals surface area contributed by atoms with E-state index in [1.807, 2.05) is 0 Å². The number of nitrogens with zero attached hydrogens (tertiary/aromatic N) is 1. The number of aliphatic imine (C=N–C) groups is 1. The van der Waals surface area contributed by atoms with Crippen LogP contribution in [0.25, 0.3) is 0 Å². The molecular weight excluding hydrogens is 273 g/mol. The fourth-order valence-corrected chi connectivity index (χ4v) is 2.71. The van der Waals surface area contributed by atoms with Crippen LogP contribution in [-0.4, -0.2) is 19.6 Å². The fraction of sp³-hybridized carbons (Fsp3) is 0.308. The van der Waals surface area contributed by atoms with Gasteiger partial charge in [-0.1, -0.05) is 0 Å². The van der Waals surface area contributed by atoms with Crippen LogP contribution in [0.15, 0.2) is 50.4 Å². The zero-order chi connectivity index (χ0) is 11.1. The molecule has 0 aromatic rings. The zero-order valence-corrected chi connectivity index (χ0v) is 12.3. The van der Waals surface area contributed by atoms with Gasteiger partial charge < -0.3 is 4.74 Å². The number of hydrogen-bond acceptors (Lipinski definition) is 2. The maximum Gasteiger partial charge on any atom is 0.169 e. The zero-order valence-electron chi connectivity index (χ0n) is 9.79. The largest absolute Gasteiger partial charge is 0.482 e. The molecule has 1 atom stereocenters. The number of hydrogen-bond donors (Lipinski definition) is 0. The predicted octanol–water partition coefficient (Wildman–Crippen LogP) is 2.86. The van der Waals surface area contributed by atoms with Crippen LogP contribution in [0.1, 0.15) is 12.8 Å². The molecule has 0 saturated heterocycles. The van der Waals surface area contributed by atoms with Crippen LogP contribution in [0.2, 0.25) is 0 Å². The molecule has 1 unspecified atom stereocenters. The van der Waals surface area contributed by atoms with Crippen LogP contribution in [-0.2, 0) is 19.7 Å². The summed E-state index contributed by atoms with van der Waals surface area (Å²) >= 11 is 1.18. The summed E-state index contributed by atoms with van der Waals surface area (Å²) in [6.07, 6.45) is 17.0.